The van der Waals surface area contributed by atoms with Crippen LogP contribution in [0.25, 0.3) is 0 Å². The maximum Gasteiger partial charge on any atom is 0.416 e. The van der Waals surface area contributed by atoms with Gasteiger partial charge in [-0.15, -0.1) is 0 Å². The molecule has 0 aliphatic heterocycles. The van der Waals surface area contributed by atoms with Gasteiger partial charge in [0.2, 0.25) is 0 Å². The molecule has 0 saturated carbocycles. The normalized spacial score (nSPS) is 12.3. The summed E-state index contributed by atoms with van der Waals surface area (Å²) in [5, 5.41) is 8.60. The molecule has 1 aromatic rings. The molecule has 0 aromatic heterocycles. The van der Waals surface area contributed by atoms with Crippen molar-refractivity contribution in [3.63, 3.8) is 0 Å². The van der Waals surface area contributed by atoms with Crippen molar-refractivity contribution in [1.29, 1.82) is 0 Å². The summed E-state index contributed by atoms with van der Waals surface area (Å²) in [5.41, 5.74) is -0.857. The minimum Gasteiger partial charge on any atom is -0.478 e. The number of ether oxygens (including phenoxy) is 1. The highest BCUT2D eigenvalue weighted by Gasteiger charge is 2.30. The Kier molecular flexibility index (Phi) is 4.77. The number of alkyl halides is 4. The standard InChI is InChI=1S/C11H8BrF3O3/c12-6-9(5-10(16)17)18-8-3-1-2-7(4-8)11(13,14)15/h1-5H,6H2,(H,16,17)/b9-5+. The van der Waals surface area contributed by atoms with Crippen LogP contribution in [0.3, 0.4) is 0 Å². The Morgan fingerprint density at radius 2 is 2.11 bits per heavy atom. The fraction of sp³-hybridized carbons (Fsp3) is 0.182. The molecule has 0 heterocycles. The third-order valence-corrected chi connectivity index (χ3v) is 2.38. The van der Waals surface area contributed by atoms with E-state index < -0.39 is 17.7 Å². The molecule has 3 nitrogen and oxygen atoms in total. The van der Waals surface area contributed by atoms with Crippen LogP contribution in [-0.2, 0) is 11.0 Å². The zero-order valence-corrected chi connectivity index (χ0v) is 10.5. The predicted molar refractivity (Wildman–Crippen MR) is 61.6 cm³/mol. The van der Waals surface area contributed by atoms with E-state index in [1.807, 2.05) is 0 Å². The predicted octanol–water partition coefficient (Wildman–Crippen LogP) is 3.45. The molecule has 1 aromatic carbocycles. The van der Waals surface area contributed by atoms with E-state index in [-0.39, 0.29) is 16.8 Å². The monoisotopic (exact) mass is 324 g/mol. The number of hydrogen-bond donors (Lipinski definition) is 1. The second kappa shape index (κ2) is 5.90. The lowest BCUT2D eigenvalue weighted by atomic mass is 10.2. The van der Waals surface area contributed by atoms with E-state index in [9.17, 15) is 18.0 Å². The van der Waals surface area contributed by atoms with Crippen molar-refractivity contribution in [2.24, 2.45) is 0 Å². The Hall–Kier alpha value is -1.50. The molecule has 0 bridgehead atoms. The Bertz CT molecular complexity index is 469. The third kappa shape index (κ3) is 4.40. The first kappa shape index (κ1) is 14.6. The van der Waals surface area contributed by atoms with Gasteiger partial charge in [0.1, 0.15) is 11.5 Å². The molecule has 1 N–H and O–H groups in total. The summed E-state index contributed by atoms with van der Waals surface area (Å²) in [7, 11) is 0. The average molecular weight is 325 g/mol. The SMILES string of the molecule is O=C(O)/C=C(\CBr)Oc1cccc(C(F)(F)F)c1. The van der Waals surface area contributed by atoms with Gasteiger partial charge in [-0.1, -0.05) is 22.0 Å². The van der Waals surface area contributed by atoms with Crippen LogP contribution in [0.5, 0.6) is 5.75 Å². The summed E-state index contributed by atoms with van der Waals surface area (Å²) in [6, 6.07) is 4.21. The second-order valence-electron chi connectivity index (χ2n) is 3.21. The van der Waals surface area contributed by atoms with Crippen LogP contribution >= 0.6 is 15.9 Å². The number of carbonyl (C=O) groups is 1. The largest absolute Gasteiger partial charge is 0.478 e. The van der Waals surface area contributed by atoms with Gasteiger partial charge in [-0.05, 0) is 18.2 Å². The summed E-state index contributed by atoms with van der Waals surface area (Å²) in [6.07, 6.45) is -3.69. The van der Waals surface area contributed by atoms with Gasteiger partial charge < -0.3 is 9.84 Å². The number of allylic oxidation sites excluding steroid dienone is 1. The van der Waals surface area contributed by atoms with E-state index in [1.54, 1.807) is 0 Å². The van der Waals surface area contributed by atoms with Crippen LogP contribution in [0.2, 0.25) is 0 Å². The maximum atomic E-state index is 12.4. The van der Waals surface area contributed by atoms with Crippen molar-refractivity contribution in [2.75, 3.05) is 5.33 Å². The van der Waals surface area contributed by atoms with Gasteiger partial charge in [0.05, 0.1) is 17.0 Å². The van der Waals surface area contributed by atoms with Crippen LogP contribution in [0.15, 0.2) is 36.1 Å². The van der Waals surface area contributed by atoms with E-state index in [1.165, 1.54) is 12.1 Å². The molecule has 0 radical (unpaired) electrons. The van der Waals surface area contributed by atoms with Crippen LogP contribution < -0.4 is 4.74 Å². The van der Waals surface area contributed by atoms with Gasteiger partial charge in [0, 0.05) is 0 Å². The van der Waals surface area contributed by atoms with Crippen LogP contribution in [0, 0.1) is 0 Å². The number of aliphatic carboxylic acids is 1. The summed E-state index contributed by atoms with van der Waals surface area (Å²) < 4.78 is 42.3. The molecule has 0 aliphatic rings. The minimum atomic E-state index is -4.47. The molecule has 0 aliphatic carbocycles. The van der Waals surface area contributed by atoms with E-state index >= 15 is 0 Å². The number of benzene rings is 1. The topological polar surface area (TPSA) is 46.5 Å². The maximum absolute atomic E-state index is 12.4. The van der Waals surface area contributed by atoms with Crippen LogP contribution in [0.1, 0.15) is 5.56 Å². The van der Waals surface area contributed by atoms with Gasteiger partial charge in [-0.25, -0.2) is 4.79 Å². The molecule has 0 saturated heterocycles. The Balaban J connectivity index is 2.95. The van der Waals surface area contributed by atoms with E-state index in [2.05, 4.69) is 15.9 Å². The summed E-state index contributed by atoms with van der Waals surface area (Å²) >= 11 is 2.98. The van der Waals surface area contributed by atoms with Gasteiger partial charge in [-0.2, -0.15) is 13.2 Å². The zero-order chi connectivity index (χ0) is 13.8. The number of rotatable bonds is 4. The van der Waals surface area contributed by atoms with Gasteiger partial charge in [0.25, 0.3) is 0 Å². The summed E-state index contributed by atoms with van der Waals surface area (Å²) in [5.74, 6) is -1.31. The van der Waals surface area contributed by atoms with E-state index in [0.29, 0.717) is 0 Å². The number of carboxylic acids is 1. The lowest BCUT2D eigenvalue weighted by Gasteiger charge is -2.10. The molecular weight excluding hydrogens is 317 g/mol. The van der Waals surface area contributed by atoms with Crippen molar-refractivity contribution in [2.45, 2.75) is 6.18 Å². The van der Waals surface area contributed by atoms with Crippen molar-refractivity contribution in [3.8, 4) is 5.75 Å². The molecule has 0 atom stereocenters. The molecule has 0 unspecified atom stereocenters. The highest BCUT2D eigenvalue weighted by Crippen LogP contribution is 2.31. The average Bonchev–Trinajstić information content (AvgIpc) is 2.26. The molecule has 0 spiro atoms. The van der Waals surface area contributed by atoms with Crippen LogP contribution in [-0.4, -0.2) is 16.4 Å². The summed E-state index contributed by atoms with van der Waals surface area (Å²) in [4.78, 5) is 10.4. The van der Waals surface area contributed by atoms with Crippen LogP contribution in [0.4, 0.5) is 13.2 Å². The Morgan fingerprint density at radius 1 is 1.44 bits per heavy atom. The lowest BCUT2D eigenvalue weighted by Crippen LogP contribution is -2.06. The number of carboxylic acid groups (broad SMARTS) is 1. The van der Waals surface area contributed by atoms with Crippen molar-refractivity contribution >= 4 is 21.9 Å². The van der Waals surface area contributed by atoms with Crippen molar-refractivity contribution < 1.29 is 27.8 Å². The molecule has 98 valence electrons. The minimum absolute atomic E-state index is 0.00169. The fourth-order valence-electron chi connectivity index (χ4n) is 1.12. The van der Waals surface area contributed by atoms with Crippen molar-refractivity contribution in [1.82, 2.24) is 0 Å². The first-order valence-electron chi connectivity index (χ1n) is 4.67. The fourth-order valence-corrected chi connectivity index (χ4v) is 1.40. The smallest absolute Gasteiger partial charge is 0.416 e. The first-order chi connectivity index (χ1) is 8.32. The second-order valence-corrected chi connectivity index (χ2v) is 3.77. The van der Waals surface area contributed by atoms with E-state index in [4.69, 9.17) is 9.84 Å². The molecule has 0 fully saturated rings. The quantitative estimate of drug-likeness (QED) is 0.524. The lowest BCUT2D eigenvalue weighted by molar-refractivity contribution is -0.137. The van der Waals surface area contributed by atoms with E-state index in [0.717, 1.165) is 18.2 Å². The zero-order valence-electron chi connectivity index (χ0n) is 8.87. The molecule has 7 heteroatoms. The first-order valence-corrected chi connectivity index (χ1v) is 5.79. The van der Waals surface area contributed by atoms with Crippen molar-refractivity contribution in [3.05, 3.63) is 41.7 Å². The Morgan fingerprint density at radius 3 is 2.61 bits per heavy atom. The van der Waals surface area contributed by atoms with Gasteiger partial charge in [-0.3, -0.25) is 0 Å². The molecule has 1 rings (SSSR count). The number of hydrogen-bond acceptors (Lipinski definition) is 2. The molecule has 0 amide bonds. The molecular formula is C11H8BrF3O3. The van der Waals surface area contributed by atoms with Gasteiger partial charge in [0.15, 0.2) is 0 Å². The third-order valence-electron chi connectivity index (χ3n) is 1.83. The Labute approximate surface area is 109 Å². The highest BCUT2D eigenvalue weighted by atomic mass is 79.9. The number of halogens is 4. The van der Waals surface area contributed by atoms with Gasteiger partial charge >= 0.3 is 12.1 Å². The molecule has 18 heavy (non-hydrogen) atoms. The highest BCUT2D eigenvalue weighted by molar-refractivity contribution is 9.09. The summed E-state index contributed by atoms with van der Waals surface area (Å²) in [6.45, 7) is 0.